The fourth-order valence-electron chi connectivity index (χ4n) is 1.38. The van der Waals surface area contributed by atoms with Crippen LogP contribution in [0.15, 0.2) is 24.3 Å². The van der Waals surface area contributed by atoms with Crippen LogP contribution in [-0.2, 0) is 6.42 Å². The third-order valence-electron chi connectivity index (χ3n) is 2.12. The molecular formula is C11H13F4N. The van der Waals surface area contributed by atoms with Crippen molar-refractivity contribution < 1.29 is 17.6 Å². The van der Waals surface area contributed by atoms with Gasteiger partial charge in [-0.3, -0.25) is 0 Å². The molecule has 1 aromatic rings. The first-order chi connectivity index (χ1) is 7.30. The van der Waals surface area contributed by atoms with Gasteiger partial charge in [0.15, 0.2) is 0 Å². The summed E-state index contributed by atoms with van der Waals surface area (Å²) in [5.41, 5.74) is 5.96. The van der Waals surface area contributed by atoms with Crippen molar-refractivity contribution >= 4 is 0 Å². The molecule has 0 fully saturated rings. The fraction of sp³-hybridized carbons (Fsp3) is 0.455. The molecule has 2 atom stereocenters. The lowest BCUT2D eigenvalue weighted by Gasteiger charge is -2.13. The maximum atomic E-state index is 12.9. The molecule has 0 aromatic heterocycles. The highest BCUT2D eigenvalue weighted by atomic mass is 19.4. The van der Waals surface area contributed by atoms with Crippen LogP contribution < -0.4 is 5.73 Å². The summed E-state index contributed by atoms with van der Waals surface area (Å²) in [6.45, 7) is 1.79. The molecular weight excluding hydrogens is 222 g/mol. The number of halogens is 4. The Balaban J connectivity index is 2.79. The summed E-state index contributed by atoms with van der Waals surface area (Å²) in [6.07, 6.45) is -7.21. The highest BCUT2D eigenvalue weighted by Crippen LogP contribution is 2.35. The molecule has 0 saturated heterocycles. The van der Waals surface area contributed by atoms with Gasteiger partial charge in [-0.25, -0.2) is 4.39 Å². The van der Waals surface area contributed by atoms with E-state index in [0.29, 0.717) is 6.42 Å². The summed E-state index contributed by atoms with van der Waals surface area (Å²) in [5, 5.41) is 0. The lowest BCUT2D eigenvalue weighted by atomic mass is 10.0. The Morgan fingerprint density at radius 3 is 2.06 bits per heavy atom. The molecule has 16 heavy (non-hydrogen) atoms. The molecule has 0 saturated carbocycles. The molecule has 0 aliphatic heterocycles. The molecule has 90 valence electrons. The smallest absolute Gasteiger partial charge is 0.328 e. The maximum absolute atomic E-state index is 12.9. The predicted molar refractivity (Wildman–Crippen MR) is 53.7 cm³/mol. The molecule has 1 nitrogen and oxygen atoms in total. The van der Waals surface area contributed by atoms with Gasteiger partial charge >= 0.3 is 6.18 Å². The van der Waals surface area contributed by atoms with E-state index in [1.807, 2.05) is 0 Å². The van der Waals surface area contributed by atoms with Crippen LogP contribution in [0.1, 0.15) is 24.2 Å². The van der Waals surface area contributed by atoms with E-state index in [0.717, 1.165) is 17.7 Å². The van der Waals surface area contributed by atoms with E-state index in [1.54, 1.807) is 6.92 Å². The number of alkyl halides is 4. The number of hydrogen-bond donors (Lipinski definition) is 1. The van der Waals surface area contributed by atoms with E-state index in [4.69, 9.17) is 5.73 Å². The van der Waals surface area contributed by atoms with E-state index < -0.39 is 12.3 Å². The predicted octanol–water partition coefficient (Wildman–Crippen LogP) is 3.15. The van der Waals surface area contributed by atoms with Crippen molar-refractivity contribution in [2.75, 3.05) is 0 Å². The van der Waals surface area contributed by atoms with Gasteiger partial charge in [-0.05, 0) is 24.5 Å². The van der Waals surface area contributed by atoms with Gasteiger partial charge in [0.25, 0.3) is 0 Å². The third-order valence-corrected chi connectivity index (χ3v) is 2.12. The van der Waals surface area contributed by atoms with Gasteiger partial charge in [-0.15, -0.1) is 0 Å². The van der Waals surface area contributed by atoms with Crippen LogP contribution in [0, 0.1) is 0 Å². The van der Waals surface area contributed by atoms with Gasteiger partial charge < -0.3 is 5.73 Å². The number of rotatable bonds is 3. The van der Waals surface area contributed by atoms with E-state index in [-0.39, 0.29) is 11.6 Å². The lowest BCUT2D eigenvalue weighted by molar-refractivity contribution is -0.182. The molecule has 5 heteroatoms. The summed E-state index contributed by atoms with van der Waals surface area (Å²) < 4.78 is 49.0. The molecule has 0 spiro atoms. The zero-order chi connectivity index (χ0) is 12.3. The highest BCUT2D eigenvalue weighted by molar-refractivity contribution is 5.25. The van der Waals surface area contributed by atoms with Crippen LogP contribution in [0.3, 0.4) is 0 Å². The van der Waals surface area contributed by atoms with Crippen LogP contribution in [0.5, 0.6) is 0 Å². The number of benzene rings is 1. The minimum Gasteiger partial charge on any atom is -0.328 e. The zero-order valence-corrected chi connectivity index (χ0v) is 8.76. The van der Waals surface area contributed by atoms with E-state index in [1.165, 1.54) is 12.1 Å². The molecule has 0 amide bonds. The van der Waals surface area contributed by atoms with Crippen molar-refractivity contribution in [1.29, 1.82) is 0 Å². The van der Waals surface area contributed by atoms with Crippen molar-refractivity contribution in [2.45, 2.75) is 31.7 Å². The normalized spacial score (nSPS) is 15.9. The first-order valence-corrected chi connectivity index (χ1v) is 4.86. The Hall–Kier alpha value is -1.10. The summed E-state index contributed by atoms with van der Waals surface area (Å²) in [4.78, 5) is 0. The van der Waals surface area contributed by atoms with Gasteiger partial charge in [-0.1, -0.05) is 24.3 Å². The van der Waals surface area contributed by atoms with Crippen LogP contribution in [0.25, 0.3) is 0 Å². The zero-order valence-electron chi connectivity index (χ0n) is 8.76. The van der Waals surface area contributed by atoms with Gasteiger partial charge in [0.05, 0.1) is 0 Å². The quantitative estimate of drug-likeness (QED) is 0.800. The molecule has 0 heterocycles. The lowest BCUT2D eigenvalue weighted by Crippen LogP contribution is -2.18. The molecule has 2 N–H and O–H groups in total. The fourth-order valence-corrected chi connectivity index (χ4v) is 1.38. The summed E-state index contributed by atoms with van der Waals surface area (Å²) in [6, 6.07) is 5.16. The average Bonchev–Trinajstić information content (AvgIpc) is 2.15. The SMILES string of the molecule is CC(N)Cc1ccc(C(F)C(F)(F)F)cc1. The minimum atomic E-state index is -4.84. The largest absolute Gasteiger partial charge is 0.423 e. The minimum absolute atomic E-state index is 0.0744. The molecule has 0 bridgehead atoms. The second-order valence-electron chi connectivity index (χ2n) is 3.83. The van der Waals surface area contributed by atoms with Crippen molar-refractivity contribution in [3.63, 3.8) is 0 Å². The van der Waals surface area contributed by atoms with Crippen molar-refractivity contribution in [3.05, 3.63) is 35.4 Å². The Kier molecular flexibility index (Phi) is 3.91. The van der Waals surface area contributed by atoms with E-state index in [9.17, 15) is 17.6 Å². The van der Waals surface area contributed by atoms with Crippen molar-refractivity contribution in [1.82, 2.24) is 0 Å². The Morgan fingerprint density at radius 1 is 1.19 bits per heavy atom. The molecule has 1 rings (SSSR count). The summed E-state index contributed by atoms with van der Waals surface area (Å²) in [5.74, 6) is 0. The van der Waals surface area contributed by atoms with Gasteiger partial charge in [0, 0.05) is 6.04 Å². The first kappa shape index (κ1) is 13.0. The standard InChI is InChI=1S/C11H13F4N/c1-7(16)6-8-2-4-9(5-3-8)10(12)11(13,14)15/h2-5,7,10H,6,16H2,1H3. The molecule has 1 aromatic carbocycles. The van der Waals surface area contributed by atoms with Gasteiger partial charge in [0.2, 0.25) is 6.17 Å². The second kappa shape index (κ2) is 4.82. The third kappa shape index (κ3) is 3.48. The first-order valence-electron chi connectivity index (χ1n) is 4.86. The van der Waals surface area contributed by atoms with Crippen LogP contribution >= 0.6 is 0 Å². The Bertz CT molecular complexity index is 329. The van der Waals surface area contributed by atoms with Gasteiger partial charge in [-0.2, -0.15) is 13.2 Å². The number of hydrogen-bond acceptors (Lipinski definition) is 1. The molecule has 0 aliphatic carbocycles. The van der Waals surface area contributed by atoms with E-state index in [2.05, 4.69) is 0 Å². The monoisotopic (exact) mass is 235 g/mol. The maximum Gasteiger partial charge on any atom is 0.423 e. The van der Waals surface area contributed by atoms with Crippen LogP contribution in [-0.4, -0.2) is 12.2 Å². The van der Waals surface area contributed by atoms with Crippen molar-refractivity contribution in [3.8, 4) is 0 Å². The Morgan fingerprint density at radius 2 is 1.69 bits per heavy atom. The topological polar surface area (TPSA) is 26.0 Å². The van der Waals surface area contributed by atoms with E-state index >= 15 is 0 Å². The molecule has 0 aliphatic rings. The van der Waals surface area contributed by atoms with Gasteiger partial charge in [0.1, 0.15) is 0 Å². The van der Waals surface area contributed by atoms with Crippen LogP contribution in [0.2, 0.25) is 0 Å². The number of nitrogens with two attached hydrogens (primary N) is 1. The molecule has 2 unspecified atom stereocenters. The summed E-state index contributed by atoms with van der Waals surface area (Å²) in [7, 11) is 0. The molecule has 0 radical (unpaired) electrons. The van der Waals surface area contributed by atoms with Crippen molar-refractivity contribution in [2.24, 2.45) is 5.73 Å². The second-order valence-corrected chi connectivity index (χ2v) is 3.83. The Labute approximate surface area is 91.3 Å². The summed E-state index contributed by atoms with van der Waals surface area (Å²) >= 11 is 0. The van der Waals surface area contributed by atoms with Crippen LogP contribution in [0.4, 0.5) is 17.6 Å². The average molecular weight is 235 g/mol. The highest BCUT2D eigenvalue weighted by Gasteiger charge is 2.41.